The highest BCUT2D eigenvalue weighted by molar-refractivity contribution is 5.79. The second-order valence-corrected chi connectivity index (χ2v) is 5.04. The van der Waals surface area contributed by atoms with Crippen LogP contribution >= 0.6 is 0 Å². The van der Waals surface area contributed by atoms with Crippen molar-refractivity contribution < 1.29 is 9.34 Å². The van der Waals surface area contributed by atoms with Crippen LogP contribution in [0.4, 0.5) is 5.69 Å². The lowest BCUT2D eigenvalue weighted by atomic mass is 10.1. The quantitative estimate of drug-likeness (QED) is 0.449. The van der Waals surface area contributed by atoms with Gasteiger partial charge in [0.25, 0.3) is 5.69 Å². The first-order valence-electron chi connectivity index (χ1n) is 7.01. The summed E-state index contributed by atoms with van der Waals surface area (Å²) < 4.78 is 5.78. The second-order valence-electron chi connectivity index (χ2n) is 5.04. The van der Waals surface area contributed by atoms with E-state index >= 15 is 0 Å². The molecule has 0 spiro atoms. The number of aromatic nitrogens is 2. The summed E-state index contributed by atoms with van der Waals surface area (Å²) in [6.45, 7) is 0. The lowest BCUT2D eigenvalue weighted by molar-refractivity contribution is -0.384. The maximum Gasteiger partial charge on any atom is 0.280 e. The monoisotopic (exact) mass is 305 g/mol. The van der Waals surface area contributed by atoms with Gasteiger partial charge in [0, 0.05) is 6.07 Å². The zero-order valence-corrected chi connectivity index (χ0v) is 11.9. The summed E-state index contributed by atoms with van der Waals surface area (Å²) in [5.74, 6) is 1.57. The zero-order valence-electron chi connectivity index (χ0n) is 11.9. The van der Waals surface area contributed by atoms with Crippen LogP contribution in [0, 0.1) is 10.1 Å². The van der Waals surface area contributed by atoms with E-state index in [0.29, 0.717) is 22.9 Å². The number of hydrogen-bond donors (Lipinski definition) is 1. The van der Waals surface area contributed by atoms with Gasteiger partial charge in [0.1, 0.15) is 5.76 Å². The fourth-order valence-electron chi connectivity index (χ4n) is 2.52. The lowest BCUT2D eigenvalue weighted by Gasteiger charge is -1.98. The molecule has 2 aromatic carbocycles. The summed E-state index contributed by atoms with van der Waals surface area (Å²) in [7, 11) is 0. The molecule has 2 aromatic heterocycles. The van der Waals surface area contributed by atoms with E-state index in [2.05, 4.69) is 9.97 Å². The van der Waals surface area contributed by atoms with Crippen LogP contribution in [0.15, 0.2) is 65.1 Å². The van der Waals surface area contributed by atoms with Crippen molar-refractivity contribution in [3.8, 4) is 22.9 Å². The molecule has 0 aliphatic heterocycles. The molecule has 0 unspecified atom stereocenters. The average molecular weight is 305 g/mol. The van der Waals surface area contributed by atoms with E-state index < -0.39 is 4.92 Å². The van der Waals surface area contributed by atoms with E-state index in [1.807, 2.05) is 24.3 Å². The minimum Gasteiger partial charge on any atom is -0.453 e. The smallest absolute Gasteiger partial charge is 0.280 e. The number of nitrogens with zero attached hydrogens (tertiary/aromatic N) is 2. The SMILES string of the molecule is O=[N+]([O-])c1ccccc1-c1ccc(-c2nc3ccccc3[nH]2)o1. The summed E-state index contributed by atoms with van der Waals surface area (Å²) >= 11 is 0. The van der Waals surface area contributed by atoms with Crippen LogP contribution in [0.5, 0.6) is 0 Å². The Kier molecular flexibility index (Phi) is 2.94. The van der Waals surface area contributed by atoms with Gasteiger partial charge in [-0.15, -0.1) is 0 Å². The van der Waals surface area contributed by atoms with Gasteiger partial charge in [0.2, 0.25) is 0 Å². The van der Waals surface area contributed by atoms with E-state index in [9.17, 15) is 10.1 Å². The van der Waals surface area contributed by atoms with Crippen LogP contribution in [0.2, 0.25) is 0 Å². The summed E-state index contributed by atoms with van der Waals surface area (Å²) in [6, 6.07) is 17.6. The Hall–Kier alpha value is -3.41. The van der Waals surface area contributed by atoms with Crippen molar-refractivity contribution in [2.45, 2.75) is 0 Å². The first-order chi connectivity index (χ1) is 11.2. The van der Waals surface area contributed by atoms with E-state index in [1.54, 1.807) is 30.3 Å². The highest BCUT2D eigenvalue weighted by Crippen LogP contribution is 2.33. The van der Waals surface area contributed by atoms with Gasteiger partial charge in [0.15, 0.2) is 11.6 Å². The number of furan rings is 1. The molecule has 23 heavy (non-hydrogen) atoms. The highest BCUT2D eigenvalue weighted by atomic mass is 16.6. The fraction of sp³-hybridized carbons (Fsp3) is 0. The van der Waals surface area contributed by atoms with Crippen molar-refractivity contribution in [3.05, 3.63) is 70.8 Å². The highest BCUT2D eigenvalue weighted by Gasteiger charge is 2.18. The standard InChI is InChI=1S/C17H11N3O3/c21-20(22)14-8-4-1-5-11(14)15-9-10-16(23-15)17-18-12-6-2-3-7-13(12)19-17/h1-10H,(H,18,19). The molecule has 0 fully saturated rings. The molecular weight excluding hydrogens is 294 g/mol. The Morgan fingerprint density at radius 3 is 2.52 bits per heavy atom. The van der Waals surface area contributed by atoms with E-state index in [-0.39, 0.29) is 5.69 Å². The van der Waals surface area contributed by atoms with Crippen LogP contribution < -0.4 is 0 Å². The second kappa shape index (κ2) is 5.10. The molecule has 0 amide bonds. The van der Waals surface area contributed by atoms with Crippen molar-refractivity contribution in [3.63, 3.8) is 0 Å². The molecule has 6 nitrogen and oxygen atoms in total. The molecule has 0 atom stereocenters. The van der Waals surface area contributed by atoms with E-state index in [4.69, 9.17) is 4.42 Å². The summed E-state index contributed by atoms with van der Waals surface area (Å²) in [4.78, 5) is 18.4. The molecule has 0 aliphatic carbocycles. The van der Waals surface area contributed by atoms with Crippen molar-refractivity contribution in [1.29, 1.82) is 0 Å². The van der Waals surface area contributed by atoms with Gasteiger partial charge < -0.3 is 9.40 Å². The number of para-hydroxylation sites is 3. The number of fused-ring (bicyclic) bond motifs is 1. The summed E-state index contributed by atoms with van der Waals surface area (Å²) in [6.07, 6.45) is 0. The van der Waals surface area contributed by atoms with Gasteiger partial charge in [-0.1, -0.05) is 24.3 Å². The first kappa shape index (κ1) is 13.3. The lowest BCUT2D eigenvalue weighted by Crippen LogP contribution is -1.90. The number of benzene rings is 2. The number of imidazole rings is 1. The molecule has 0 saturated heterocycles. The van der Waals surface area contributed by atoms with Gasteiger partial charge >= 0.3 is 0 Å². The molecule has 4 aromatic rings. The van der Waals surface area contributed by atoms with Crippen LogP contribution in [-0.4, -0.2) is 14.9 Å². The number of nitro benzene ring substituents is 1. The largest absolute Gasteiger partial charge is 0.453 e. The predicted molar refractivity (Wildman–Crippen MR) is 85.9 cm³/mol. The van der Waals surface area contributed by atoms with Crippen molar-refractivity contribution >= 4 is 16.7 Å². The molecule has 6 heteroatoms. The number of hydrogen-bond acceptors (Lipinski definition) is 4. The van der Waals surface area contributed by atoms with Crippen molar-refractivity contribution in [2.75, 3.05) is 0 Å². The molecule has 1 N–H and O–H groups in total. The minimum atomic E-state index is -0.418. The fourth-order valence-corrected chi connectivity index (χ4v) is 2.52. The van der Waals surface area contributed by atoms with Gasteiger partial charge in [-0.05, 0) is 30.3 Å². The van der Waals surface area contributed by atoms with Gasteiger partial charge in [0.05, 0.1) is 21.5 Å². The number of nitro groups is 1. The minimum absolute atomic E-state index is 0.0120. The Morgan fingerprint density at radius 1 is 0.957 bits per heavy atom. The maximum atomic E-state index is 11.1. The van der Waals surface area contributed by atoms with Crippen LogP contribution in [0.3, 0.4) is 0 Å². The molecule has 0 radical (unpaired) electrons. The topological polar surface area (TPSA) is 85.0 Å². The third-order valence-corrected chi connectivity index (χ3v) is 3.59. The number of H-pyrrole nitrogens is 1. The van der Waals surface area contributed by atoms with Crippen molar-refractivity contribution in [2.24, 2.45) is 0 Å². The third kappa shape index (κ3) is 2.26. The molecule has 0 bridgehead atoms. The molecule has 112 valence electrons. The van der Waals surface area contributed by atoms with E-state index in [0.717, 1.165) is 11.0 Å². The van der Waals surface area contributed by atoms with E-state index in [1.165, 1.54) is 6.07 Å². The Morgan fingerprint density at radius 2 is 1.70 bits per heavy atom. The zero-order chi connectivity index (χ0) is 15.8. The molecule has 4 rings (SSSR count). The Bertz CT molecular complexity index is 984. The van der Waals surface area contributed by atoms with Crippen LogP contribution in [0.1, 0.15) is 0 Å². The molecule has 0 saturated carbocycles. The third-order valence-electron chi connectivity index (χ3n) is 3.59. The van der Waals surface area contributed by atoms with Gasteiger partial charge in [-0.25, -0.2) is 4.98 Å². The number of nitrogens with one attached hydrogen (secondary N) is 1. The Balaban J connectivity index is 1.79. The van der Waals surface area contributed by atoms with Crippen LogP contribution in [-0.2, 0) is 0 Å². The summed E-state index contributed by atoms with van der Waals surface area (Å²) in [5, 5.41) is 11.1. The summed E-state index contributed by atoms with van der Waals surface area (Å²) in [5.41, 5.74) is 2.20. The Labute approximate surface area is 130 Å². The predicted octanol–water partition coefficient (Wildman–Crippen LogP) is 4.40. The normalized spacial score (nSPS) is 11.0. The maximum absolute atomic E-state index is 11.1. The number of aromatic amines is 1. The van der Waals surface area contributed by atoms with Gasteiger partial charge in [-0.3, -0.25) is 10.1 Å². The average Bonchev–Trinajstić information content (AvgIpc) is 3.21. The molecular formula is C17H11N3O3. The van der Waals surface area contributed by atoms with Crippen LogP contribution in [0.25, 0.3) is 33.9 Å². The molecule has 0 aliphatic rings. The molecule has 2 heterocycles. The van der Waals surface area contributed by atoms with Gasteiger partial charge in [-0.2, -0.15) is 0 Å². The first-order valence-corrected chi connectivity index (χ1v) is 7.01. The number of rotatable bonds is 3. The van der Waals surface area contributed by atoms with Crippen molar-refractivity contribution in [1.82, 2.24) is 9.97 Å².